The van der Waals surface area contributed by atoms with Crippen molar-refractivity contribution in [2.24, 2.45) is 20.0 Å². The number of halogens is 8. The summed E-state index contributed by atoms with van der Waals surface area (Å²) in [6.07, 6.45) is 6.39. The minimum Gasteiger partial charge on any atom is -0.481 e. The number of aromatic nitrogens is 4. The van der Waals surface area contributed by atoms with Crippen LogP contribution in [-0.4, -0.2) is 333 Å². The number of rotatable bonds is 40. The maximum atomic E-state index is 13.9. The van der Waals surface area contributed by atoms with E-state index in [1.807, 2.05) is 21.5 Å². The molecule has 4 unspecified atom stereocenters. The van der Waals surface area contributed by atoms with Crippen LogP contribution < -0.4 is 21.3 Å². The predicted octanol–water partition coefficient (Wildman–Crippen LogP) is 13.7. The number of aliphatic carboxylic acids is 4. The number of carboxylic acid groups (broad SMARTS) is 4. The Morgan fingerprint density at radius 3 is 0.966 bits per heavy atom. The van der Waals surface area contributed by atoms with Crippen molar-refractivity contribution in [3.63, 3.8) is 0 Å². The van der Waals surface area contributed by atoms with Crippen molar-refractivity contribution >= 4 is 219 Å². The molecular formula is C96H104Br2Cl2F4N16O20S8. The van der Waals surface area contributed by atoms with E-state index < -0.39 is 95.2 Å². The van der Waals surface area contributed by atoms with Crippen LogP contribution in [0.4, 0.5) is 17.6 Å². The maximum Gasteiger partial charge on any atom is 0.338 e. The topological polar surface area (TPSA) is 453 Å². The Hall–Kier alpha value is -9.66. The summed E-state index contributed by atoms with van der Waals surface area (Å²) < 4.78 is 101. The molecule has 148 heavy (non-hydrogen) atoms. The van der Waals surface area contributed by atoms with E-state index in [1.54, 1.807) is 64.6 Å². The van der Waals surface area contributed by atoms with Crippen molar-refractivity contribution in [1.29, 1.82) is 0 Å². The molecule has 0 aliphatic carbocycles. The predicted molar refractivity (Wildman–Crippen MR) is 568 cm³/mol. The van der Waals surface area contributed by atoms with E-state index in [9.17, 15) is 55.9 Å². The molecule has 8 atom stereocenters. The summed E-state index contributed by atoms with van der Waals surface area (Å²) in [6.45, 7) is 15.5. The molecule has 52 heteroatoms. The fourth-order valence-corrected chi connectivity index (χ4v) is 23.7. The fraction of sp³-hybridized carbons (Fsp3) is 0.417. The molecule has 8 aliphatic rings. The first-order chi connectivity index (χ1) is 71.4. The Kier molecular flexibility index (Phi) is 45.0. The Balaban J connectivity index is 0.000000165. The summed E-state index contributed by atoms with van der Waals surface area (Å²) in [6, 6.07) is 13.3. The quantitative estimate of drug-likeness (QED) is 0.0100. The Morgan fingerprint density at radius 1 is 0.405 bits per heavy atom. The van der Waals surface area contributed by atoms with Gasteiger partial charge in [-0.15, -0.1) is 92.4 Å². The number of nitrogens with zero attached hydrogens (tertiary/aromatic N) is 12. The molecule has 4 aromatic carbocycles. The molecule has 16 rings (SSSR count). The zero-order valence-corrected chi connectivity index (χ0v) is 91.2. The van der Waals surface area contributed by atoms with Crippen LogP contribution >= 0.6 is 147 Å². The number of hydrogen-bond acceptors (Lipinski definition) is 40. The number of morpholine rings is 4. The molecule has 792 valence electrons. The number of benzene rings is 4. The number of thioether (sulfide) groups is 4. The zero-order chi connectivity index (χ0) is 105. The molecule has 0 spiro atoms. The number of carbonyl (C=O) groups is 8. The van der Waals surface area contributed by atoms with Gasteiger partial charge in [-0.1, -0.05) is 79.3 Å². The number of ether oxygens (including phenoxy) is 8. The number of nitrogens with one attached hydrogen (secondary N) is 4. The summed E-state index contributed by atoms with van der Waals surface area (Å²) in [4.78, 5) is 142. The zero-order valence-electron chi connectivity index (χ0n) is 79.9. The second-order valence-electron chi connectivity index (χ2n) is 33.0. The van der Waals surface area contributed by atoms with Crippen molar-refractivity contribution in [2.75, 3.05) is 178 Å². The average molecular weight is 2370 g/mol. The number of thiazole rings is 4. The number of aliphatic imine (C=N–C) groups is 4. The second kappa shape index (κ2) is 57.7. The van der Waals surface area contributed by atoms with Crippen LogP contribution in [0.5, 0.6) is 0 Å². The van der Waals surface area contributed by atoms with E-state index in [0.29, 0.717) is 242 Å². The van der Waals surface area contributed by atoms with Gasteiger partial charge >= 0.3 is 47.8 Å². The second-order valence-corrected chi connectivity index (χ2v) is 43.2. The van der Waals surface area contributed by atoms with Gasteiger partial charge in [0.2, 0.25) is 0 Å². The molecule has 4 aromatic heterocycles. The molecule has 0 saturated carbocycles. The van der Waals surface area contributed by atoms with Gasteiger partial charge in [-0.25, -0.2) is 56.7 Å². The number of carbonyl (C=O) groups excluding carboxylic acids is 4. The van der Waals surface area contributed by atoms with Crippen molar-refractivity contribution < 1.29 is 114 Å². The summed E-state index contributed by atoms with van der Waals surface area (Å²) >= 11 is 30.6. The lowest BCUT2D eigenvalue weighted by atomic mass is 9.95. The van der Waals surface area contributed by atoms with E-state index in [1.165, 1.54) is 153 Å². The first-order valence-electron chi connectivity index (χ1n) is 46.3. The Bertz CT molecular complexity index is 5880. The lowest BCUT2D eigenvalue weighted by Gasteiger charge is -2.37. The number of amidine groups is 4. The highest BCUT2D eigenvalue weighted by molar-refractivity contribution is 9.10. The number of hydrogen-bond donors (Lipinski definition) is 8. The van der Waals surface area contributed by atoms with Gasteiger partial charge in [0.15, 0.2) is 43.4 Å². The third-order valence-electron chi connectivity index (χ3n) is 22.8. The minimum atomic E-state index is -0.877. The summed E-state index contributed by atoms with van der Waals surface area (Å²) in [5.74, 6) is -3.21. The van der Waals surface area contributed by atoms with Gasteiger partial charge in [0.05, 0.1) is 124 Å². The highest BCUT2D eigenvalue weighted by Crippen LogP contribution is 2.44. The van der Waals surface area contributed by atoms with Gasteiger partial charge in [0.25, 0.3) is 0 Å². The van der Waals surface area contributed by atoms with Crippen molar-refractivity contribution in [1.82, 2.24) is 60.8 Å². The molecule has 36 nitrogen and oxygen atoms in total. The minimum absolute atomic E-state index is 0.000876. The first kappa shape index (κ1) is 115. The highest BCUT2D eigenvalue weighted by atomic mass is 79.9. The Morgan fingerprint density at radius 2 is 0.689 bits per heavy atom. The summed E-state index contributed by atoms with van der Waals surface area (Å²) in [5, 5.41) is 59.3. The summed E-state index contributed by atoms with van der Waals surface area (Å²) in [7, 11) is 0. The van der Waals surface area contributed by atoms with Crippen LogP contribution in [0.1, 0.15) is 94.1 Å². The average Bonchev–Trinajstić information content (AvgIpc) is 1.09. The third-order valence-corrected chi connectivity index (χ3v) is 32.2. The lowest BCUT2D eigenvalue weighted by Crippen LogP contribution is -2.50. The molecule has 8 N–H and O–H groups in total. The van der Waals surface area contributed by atoms with Gasteiger partial charge in [-0.05, 0) is 87.4 Å². The van der Waals surface area contributed by atoms with E-state index >= 15 is 0 Å². The molecule has 4 saturated heterocycles. The first-order valence-corrected chi connectivity index (χ1v) is 56.8. The van der Waals surface area contributed by atoms with Crippen LogP contribution in [0.15, 0.2) is 193 Å². The van der Waals surface area contributed by atoms with E-state index in [4.69, 9.17) is 101 Å². The van der Waals surface area contributed by atoms with Gasteiger partial charge in [-0.2, -0.15) is 0 Å². The van der Waals surface area contributed by atoms with Gasteiger partial charge < -0.3 is 79.6 Å². The van der Waals surface area contributed by atoms with Crippen LogP contribution in [0.3, 0.4) is 0 Å². The van der Waals surface area contributed by atoms with E-state index in [2.05, 4.69) is 92.7 Å². The number of esters is 4. The summed E-state index contributed by atoms with van der Waals surface area (Å²) in [5.41, 5.74) is 5.82. The van der Waals surface area contributed by atoms with Crippen LogP contribution in [0.25, 0.3) is 0 Å². The largest absolute Gasteiger partial charge is 0.481 e. The van der Waals surface area contributed by atoms with Crippen molar-refractivity contribution in [2.45, 2.75) is 76.2 Å². The maximum absolute atomic E-state index is 13.9. The molecule has 0 amide bonds. The monoisotopic (exact) mass is 2360 g/mol. The van der Waals surface area contributed by atoms with Gasteiger partial charge in [0, 0.05) is 200 Å². The van der Waals surface area contributed by atoms with Gasteiger partial charge in [-0.3, -0.25) is 58.7 Å². The smallest absolute Gasteiger partial charge is 0.338 e. The van der Waals surface area contributed by atoms with E-state index in [0.717, 1.165) is 0 Å². The molecule has 0 bridgehead atoms. The standard InChI is InChI=1S/2C24H26BrFN4O5S2.2C24H26ClFN4O5S2/c1-2-35-24(33)20-18(10-30-6-7-34-11-15(30)12-36-13-19(31)32)28-22(23-27-5-8-37-23)29-21(20)16-4-3-14(26)9-17(16)25;1-2-34-24(33)20-18(11-30-6-7-35-15(10-30)12-36-13-19(31)32)28-22(23-27-5-8-37-23)29-21(20)16-4-3-14(26)9-17(16)25;1-2-35-24(33)20-18(10-30-6-7-34-11-15(30)12-36-13-19(31)32)28-22(23-27-5-8-37-23)29-21(20)16-4-3-14(26)9-17(16)25;1-2-34-24(33)20-18(11-30-6-7-35-15(10-30)12-36-13-19(31)32)28-22(23-27-5-8-37-23)29-21(20)16-4-3-14(26)9-17(16)25/h4*3-5,8-9,15,21H,2,6-7,10-13H2,1H3,(H,28,29)(H,31,32)/t4*15?,21-/m0000/s1. The molecule has 0 radical (unpaired) electrons. The normalized spacial score (nSPS) is 20.4. The van der Waals surface area contributed by atoms with Crippen molar-refractivity contribution in [3.05, 3.63) is 249 Å². The van der Waals surface area contributed by atoms with Crippen LogP contribution in [0, 0.1) is 23.3 Å². The molecule has 12 heterocycles. The van der Waals surface area contributed by atoms with E-state index in [-0.39, 0.29) is 89.3 Å². The molecule has 8 aliphatic heterocycles. The van der Waals surface area contributed by atoms with Crippen molar-refractivity contribution in [3.8, 4) is 0 Å². The molecular weight excluding hydrogens is 2260 g/mol. The van der Waals surface area contributed by atoms with Crippen LogP contribution in [0.2, 0.25) is 10.0 Å². The highest BCUT2D eigenvalue weighted by Gasteiger charge is 2.43. The molecule has 4 fully saturated rings. The third kappa shape index (κ3) is 32.7. The number of carboxylic acids is 4. The SMILES string of the molecule is CCOC(=O)C1=C(CN2CCOC(CSCC(=O)O)C2)NC(c2nccs2)=N[C@H]1c1ccc(F)cc1Br.CCOC(=O)C1=C(CN2CCOC(CSCC(=O)O)C2)NC(c2nccs2)=N[C@H]1c1ccc(F)cc1Cl.CCOC(=O)C1=C(CN2CCOCC2CSCC(=O)O)NC(c2nccs2)=N[C@H]1c1ccc(F)cc1Br.CCOC(=O)C1=C(CN2CCOCC2CSCC(=O)O)NC(c2nccs2)=N[C@H]1c1ccc(F)cc1Cl. The Labute approximate surface area is 908 Å². The lowest BCUT2D eigenvalue weighted by molar-refractivity contribution is -0.139. The van der Waals surface area contributed by atoms with Gasteiger partial charge in [0.1, 0.15) is 47.4 Å². The van der Waals surface area contributed by atoms with Crippen LogP contribution in [-0.2, 0) is 76.3 Å². The molecule has 8 aromatic rings. The fourth-order valence-electron chi connectivity index (χ4n) is 16.4.